The third kappa shape index (κ3) is 5.36. The molecule has 31 heavy (non-hydrogen) atoms. The molecule has 0 saturated heterocycles. The summed E-state index contributed by atoms with van der Waals surface area (Å²) in [7, 11) is -3.86. The first kappa shape index (κ1) is 22.6. The minimum Gasteiger partial charge on any atom is -0.484 e. The maximum atomic E-state index is 12.5. The van der Waals surface area contributed by atoms with E-state index < -0.39 is 10.0 Å². The average Bonchev–Trinajstić information content (AvgIpc) is 3.02. The van der Waals surface area contributed by atoms with Crippen LogP contribution in [0.2, 0.25) is 5.02 Å². The number of aryl methyl sites for hydroxylation is 3. The molecule has 1 heterocycles. The minimum atomic E-state index is -3.86. The largest absolute Gasteiger partial charge is 0.484 e. The van der Waals surface area contributed by atoms with E-state index in [1.54, 1.807) is 26.0 Å². The lowest BCUT2D eigenvalue weighted by Gasteiger charge is -2.11. The summed E-state index contributed by atoms with van der Waals surface area (Å²) in [5, 5.41) is 7.05. The van der Waals surface area contributed by atoms with Crippen molar-refractivity contribution in [3.63, 3.8) is 0 Å². The van der Waals surface area contributed by atoms with Gasteiger partial charge >= 0.3 is 0 Å². The number of aromatic nitrogens is 1. The minimum absolute atomic E-state index is 0.0160. The molecule has 1 aromatic heterocycles. The molecule has 0 saturated carbocycles. The third-order valence-corrected chi connectivity index (χ3v) is 6.56. The van der Waals surface area contributed by atoms with Gasteiger partial charge in [-0.25, -0.2) is 13.1 Å². The number of carbonyl (C=O) groups is 1. The number of amides is 1. The molecule has 3 aromatic rings. The van der Waals surface area contributed by atoms with Gasteiger partial charge in [0.15, 0.2) is 6.61 Å². The van der Waals surface area contributed by atoms with Gasteiger partial charge in [0.05, 0.1) is 10.6 Å². The maximum Gasteiger partial charge on any atom is 0.264 e. The molecule has 1 amide bonds. The molecular weight excluding hydrogens is 442 g/mol. The van der Waals surface area contributed by atoms with Crippen molar-refractivity contribution in [3.05, 3.63) is 63.8 Å². The molecule has 2 aromatic carbocycles. The molecule has 2 N–H and O–H groups in total. The molecule has 0 spiro atoms. The zero-order valence-corrected chi connectivity index (χ0v) is 19.0. The Morgan fingerprint density at radius 1 is 1.10 bits per heavy atom. The second-order valence-corrected chi connectivity index (χ2v) is 9.12. The summed E-state index contributed by atoms with van der Waals surface area (Å²) in [6.07, 6.45) is 0. The Morgan fingerprint density at radius 2 is 1.71 bits per heavy atom. The van der Waals surface area contributed by atoms with E-state index in [-0.39, 0.29) is 23.3 Å². The molecule has 0 atom stereocenters. The molecule has 0 aliphatic carbocycles. The number of nitrogens with one attached hydrogen (secondary N) is 2. The van der Waals surface area contributed by atoms with Gasteiger partial charge in [0, 0.05) is 16.3 Å². The van der Waals surface area contributed by atoms with Gasteiger partial charge in [-0.3, -0.25) is 4.79 Å². The number of hydrogen-bond acceptors (Lipinski definition) is 6. The van der Waals surface area contributed by atoms with Crippen molar-refractivity contribution in [3.8, 4) is 5.75 Å². The zero-order chi connectivity index (χ0) is 22.8. The van der Waals surface area contributed by atoms with E-state index in [2.05, 4.69) is 15.2 Å². The van der Waals surface area contributed by atoms with Crippen LogP contribution in [0.5, 0.6) is 5.75 Å². The van der Waals surface area contributed by atoms with Crippen LogP contribution in [-0.4, -0.2) is 26.1 Å². The van der Waals surface area contributed by atoms with Crippen LogP contribution < -0.4 is 14.8 Å². The lowest BCUT2D eigenvalue weighted by molar-refractivity contribution is -0.118. The quantitative estimate of drug-likeness (QED) is 0.538. The molecule has 0 aliphatic rings. The fourth-order valence-electron chi connectivity index (χ4n) is 2.74. The summed E-state index contributed by atoms with van der Waals surface area (Å²) in [4.78, 5) is 12.2. The van der Waals surface area contributed by atoms with Crippen LogP contribution in [0.3, 0.4) is 0 Å². The van der Waals surface area contributed by atoms with Crippen LogP contribution in [0.4, 0.5) is 11.6 Å². The summed E-state index contributed by atoms with van der Waals surface area (Å²) in [5.74, 6) is 0.228. The van der Waals surface area contributed by atoms with E-state index in [0.29, 0.717) is 27.7 Å². The summed E-state index contributed by atoms with van der Waals surface area (Å²) in [5.41, 5.74) is 3.36. The van der Waals surface area contributed by atoms with Gasteiger partial charge in [0.1, 0.15) is 5.75 Å². The van der Waals surface area contributed by atoms with Crippen molar-refractivity contribution in [1.82, 2.24) is 5.16 Å². The molecular formula is C21H22ClN3O5S. The molecule has 0 unspecified atom stereocenters. The molecule has 0 radical (unpaired) electrons. The number of ether oxygens (including phenoxy) is 1. The molecule has 10 heteroatoms. The number of sulfonamides is 1. The first-order valence-electron chi connectivity index (χ1n) is 9.32. The smallest absolute Gasteiger partial charge is 0.264 e. The molecule has 0 fully saturated rings. The first-order chi connectivity index (χ1) is 14.6. The molecule has 0 bridgehead atoms. The first-order valence-corrected chi connectivity index (χ1v) is 11.2. The highest BCUT2D eigenvalue weighted by molar-refractivity contribution is 7.92. The fraction of sp³-hybridized carbons (Fsp3) is 0.238. The predicted molar refractivity (Wildman–Crippen MR) is 118 cm³/mol. The fourth-order valence-corrected chi connectivity index (χ4v) is 3.90. The van der Waals surface area contributed by atoms with Crippen LogP contribution >= 0.6 is 11.6 Å². The lowest BCUT2D eigenvalue weighted by atomic mass is 10.1. The number of nitrogens with zero attached hydrogens (tertiary/aromatic N) is 1. The standard InChI is InChI=1S/C21H22ClN3O5S/c1-12-9-17(10-13(2)20(12)22)29-11-19(26)23-16-5-7-18(8-6-16)31(27,28)25-21-14(3)15(4)24-30-21/h5-10,25H,11H2,1-4H3,(H,23,26). The Morgan fingerprint density at radius 3 is 2.26 bits per heavy atom. The Bertz CT molecular complexity index is 1200. The number of hydrogen-bond donors (Lipinski definition) is 2. The van der Waals surface area contributed by atoms with E-state index in [1.165, 1.54) is 24.3 Å². The predicted octanol–water partition coefficient (Wildman–Crippen LogP) is 4.38. The Hall–Kier alpha value is -3.04. The summed E-state index contributed by atoms with van der Waals surface area (Å²) >= 11 is 6.13. The lowest BCUT2D eigenvalue weighted by Crippen LogP contribution is -2.20. The number of carbonyl (C=O) groups excluding carboxylic acids is 1. The van der Waals surface area contributed by atoms with Crippen molar-refractivity contribution in [1.29, 1.82) is 0 Å². The number of benzene rings is 2. The van der Waals surface area contributed by atoms with Crippen LogP contribution in [0.15, 0.2) is 45.8 Å². The molecule has 3 rings (SSSR count). The monoisotopic (exact) mass is 463 g/mol. The Kier molecular flexibility index (Phi) is 6.56. The van der Waals surface area contributed by atoms with Crippen LogP contribution in [-0.2, 0) is 14.8 Å². The van der Waals surface area contributed by atoms with Crippen molar-refractivity contribution in [2.75, 3.05) is 16.6 Å². The number of anilines is 2. The van der Waals surface area contributed by atoms with Gasteiger partial charge in [-0.1, -0.05) is 16.8 Å². The highest BCUT2D eigenvalue weighted by Crippen LogP contribution is 2.26. The van der Waals surface area contributed by atoms with Crippen LogP contribution in [0.25, 0.3) is 0 Å². The normalized spacial score (nSPS) is 11.3. The Labute approximate surface area is 185 Å². The van der Waals surface area contributed by atoms with E-state index >= 15 is 0 Å². The van der Waals surface area contributed by atoms with Gasteiger partial charge in [-0.05, 0) is 75.2 Å². The molecule has 164 valence electrons. The number of rotatable bonds is 7. The second-order valence-electron chi connectivity index (χ2n) is 7.06. The van der Waals surface area contributed by atoms with Crippen LogP contribution in [0, 0.1) is 27.7 Å². The van der Waals surface area contributed by atoms with Gasteiger partial charge in [-0.15, -0.1) is 0 Å². The van der Waals surface area contributed by atoms with Gasteiger partial charge in [0.2, 0.25) is 5.88 Å². The van der Waals surface area contributed by atoms with Gasteiger partial charge in [0.25, 0.3) is 15.9 Å². The molecule has 0 aliphatic heterocycles. The van der Waals surface area contributed by atoms with Crippen molar-refractivity contribution in [2.45, 2.75) is 32.6 Å². The van der Waals surface area contributed by atoms with E-state index in [1.807, 2.05) is 13.8 Å². The van der Waals surface area contributed by atoms with E-state index in [9.17, 15) is 13.2 Å². The molecule has 8 nitrogen and oxygen atoms in total. The van der Waals surface area contributed by atoms with Gasteiger partial charge in [-0.2, -0.15) is 0 Å². The van der Waals surface area contributed by atoms with Crippen LogP contribution in [0.1, 0.15) is 22.4 Å². The summed E-state index contributed by atoms with van der Waals surface area (Å²) in [6.45, 7) is 6.94. The van der Waals surface area contributed by atoms with E-state index in [0.717, 1.165) is 11.1 Å². The second kappa shape index (κ2) is 8.99. The topological polar surface area (TPSA) is 111 Å². The number of halogens is 1. The SMILES string of the molecule is Cc1cc(OCC(=O)Nc2ccc(S(=O)(=O)Nc3onc(C)c3C)cc2)cc(C)c1Cl. The summed E-state index contributed by atoms with van der Waals surface area (Å²) < 4.78 is 37.9. The summed E-state index contributed by atoms with van der Waals surface area (Å²) in [6, 6.07) is 9.25. The zero-order valence-electron chi connectivity index (χ0n) is 17.4. The third-order valence-electron chi connectivity index (χ3n) is 4.61. The highest BCUT2D eigenvalue weighted by Gasteiger charge is 2.19. The average molecular weight is 464 g/mol. The van der Waals surface area contributed by atoms with Crippen molar-refractivity contribution < 1.29 is 22.5 Å². The van der Waals surface area contributed by atoms with Crippen molar-refractivity contribution >= 4 is 39.1 Å². The highest BCUT2D eigenvalue weighted by atomic mass is 35.5. The van der Waals surface area contributed by atoms with Crippen molar-refractivity contribution in [2.24, 2.45) is 0 Å². The van der Waals surface area contributed by atoms with Gasteiger partial charge < -0.3 is 14.6 Å². The maximum absolute atomic E-state index is 12.5. The Balaban J connectivity index is 1.61. The van der Waals surface area contributed by atoms with E-state index in [4.69, 9.17) is 20.9 Å².